The maximum atomic E-state index is 11.9. The molecular weight excluding hydrogens is 260 g/mol. The molecule has 0 bridgehead atoms. The van der Waals surface area contributed by atoms with E-state index in [2.05, 4.69) is 4.74 Å². The third-order valence-electron chi connectivity index (χ3n) is 3.06. The number of carbonyl (C=O) groups is 2. The van der Waals surface area contributed by atoms with E-state index in [4.69, 9.17) is 5.11 Å². The quantitative estimate of drug-likeness (QED) is 0.748. The number of carboxylic acid groups (broad SMARTS) is 1. The average Bonchev–Trinajstić information content (AvgIpc) is 2.59. The molecule has 0 aromatic heterocycles. The zero-order valence-electron chi connectivity index (χ0n) is 10.7. The Bertz CT molecular complexity index is 312. The molecule has 5 nitrogen and oxygen atoms in total. The molecule has 0 radical (unpaired) electrons. The van der Waals surface area contributed by atoms with E-state index in [1.807, 2.05) is 0 Å². The van der Waals surface area contributed by atoms with Crippen molar-refractivity contribution in [3.8, 4) is 0 Å². The van der Waals surface area contributed by atoms with Crippen molar-refractivity contribution >= 4 is 11.9 Å². The van der Waals surface area contributed by atoms with Gasteiger partial charge in [-0.1, -0.05) is 12.8 Å². The molecule has 0 aliphatic carbocycles. The molecule has 0 aromatic rings. The van der Waals surface area contributed by atoms with E-state index in [1.165, 1.54) is 4.90 Å². The van der Waals surface area contributed by atoms with Crippen molar-refractivity contribution in [2.75, 3.05) is 19.8 Å². The molecule has 1 atom stereocenters. The molecule has 1 unspecified atom stereocenters. The second-order valence-electron chi connectivity index (χ2n) is 4.51. The van der Waals surface area contributed by atoms with Crippen molar-refractivity contribution < 1.29 is 28.2 Å². The smallest absolute Gasteiger partial charge is 0.326 e. The van der Waals surface area contributed by atoms with Gasteiger partial charge in [-0.2, -0.15) is 0 Å². The van der Waals surface area contributed by atoms with Crippen LogP contribution in [0.5, 0.6) is 0 Å². The topological polar surface area (TPSA) is 66.8 Å². The van der Waals surface area contributed by atoms with Gasteiger partial charge in [0.25, 0.3) is 6.43 Å². The molecule has 1 amide bonds. The van der Waals surface area contributed by atoms with Crippen LogP contribution in [-0.4, -0.2) is 54.1 Å². The SMILES string of the molecule is O=C(O)C1CCCCCN1C(=O)CCOCC(F)F. The highest BCUT2D eigenvalue weighted by atomic mass is 19.3. The fraction of sp³-hybridized carbons (Fsp3) is 0.833. The third kappa shape index (κ3) is 5.50. The summed E-state index contributed by atoms with van der Waals surface area (Å²) in [6, 6.07) is -0.801. The Hall–Kier alpha value is -1.24. The summed E-state index contributed by atoms with van der Waals surface area (Å²) in [4.78, 5) is 24.4. The van der Waals surface area contributed by atoms with E-state index in [1.54, 1.807) is 0 Å². The van der Waals surface area contributed by atoms with E-state index < -0.39 is 25.0 Å². The fourth-order valence-corrected chi connectivity index (χ4v) is 2.14. The van der Waals surface area contributed by atoms with Crippen molar-refractivity contribution in [1.29, 1.82) is 0 Å². The molecule has 1 N–H and O–H groups in total. The number of halogens is 2. The lowest BCUT2D eigenvalue weighted by Gasteiger charge is -2.26. The maximum absolute atomic E-state index is 11.9. The largest absolute Gasteiger partial charge is 0.480 e. The van der Waals surface area contributed by atoms with Gasteiger partial charge in [0.1, 0.15) is 12.6 Å². The predicted molar refractivity (Wildman–Crippen MR) is 63.0 cm³/mol. The van der Waals surface area contributed by atoms with E-state index in [0.717, 1.165) is 19.3 Å². The Morgan fingerprint density at radius 2 is 2.05 bits per heavy atom. The highest BCUT2D eigenvalue weighted by Gasteiger charge is 2.30. The zero-order chi connectivity index (χ0) is 14.3. The van der Waals surface area contributed by atoms with Gasteiger partial charge in [0.15, 0.2) is 0 Å². The summed E-state index contributed by atoms with van der Waals surface area (Å²) in [6.45, 7) is -0.397. The van der Waals surface area contributed by atoms with Crippen LogP contribution in [-0.2, 0) is 14.3 Å². The number of carbonyl (C=O) groups excluding carboxylic acids is 1. The van der Waals surface area contributed by atoms with Gasteiger partial charge in [-0.25, -0.2) is 13.6 Å². The van der Waals surface area contributed by atoms with Gasteiger partial charge >= 0.3 is 5.97 Å². The minimum Gasteiger partial charge on any atom is -0.480 e. The van der Waals surface area contributed by atoms with Crippen LogP contribution in [0.2, 0.25) is 0 Å². The first kappa shape index (κ1) is 15.8. The third-order valence-corrected chi connectivity index (χ3v) is 3.06. The van der Waals surface area contributed by atoms with Crippen LogP contribution in [0.4, 0.5) is 8.78 Å². The van der Waals surface area contributed by atoms with Crippen LogP contribution in [0.3, 0.4) is 0 Å². The number of nitrogens with zero attached hydrogens (tertiary/aromatic N) is 1. The molecule has 0 saturated carbocycles. The van der Waals surface area contributed by atoms with Gasteiger partial charge in [-0.05, 0) is 12.8 Å². The van der Waals surface area contributed by atoms with E-state index in [-0.39, 0.29) is 18.9 Å². The molecule has 1 rings (SSSR count). The van der Waals surface area contributed by atoms with Gasteiger partial charge in [-0.15, -0.1) is 0 Å². The molecule has 110 valence electrons. The highest BCUT2D eigenvalue weighted by molar-refractivity contribution is 5.83. The molecule has 1 fully saturated rings. The second kappa shape index (κ2) is 8.04. The summed E-state index contributed by atoms with van der Waals surface area (Å²) in [5, 5.41) is 9.10. The first-order valence-corrected chi connectivity index (χ1v) is 6.40. The Balaban J connectivity index is 2.44. The summed E-state index contributed by atoms with van der Waals surface area (Å²) in [5.41, 5.74) is 0. The van der Waals surface area contributed by atoms with Crippen molar-refractivity contribution in [2.24, 2.45) is 0 Å². The standard InChI is InChI=1S/C12H19F2NO4/c13-10(14)8-19-7-5-11(16)15-6-3-1-2-4-9(15)12(17)18/h9-10H,1-8H2,(H,17,18). The summed E-state index contributed by atoms with van der Waals surface area (Å²) >= 11 is 0. The van der Waals surface area contributed by atoms with Crippen LogP contribution < -0.4 is 0 Å². The number of hydrogen-bond acceptors (Lipinski definition) is 3. The number of likely N-dealkylation sites (tertiary alicyclic amines) is 1. The average molecular weight is 279 g/mol. The van der Waals surface area contributed by atoms with E-state index in [0.29, 0.717) is 13.0 Å². The molecule has 0 aromatic carbocycles. The lowest BCUT2D eigenvalue weighted by Crippen LogP contribution is -2.45. The number of ether oxygens (including phenoxy) is 1. The van der Waals surface area contributed by atoms with Gasteiger partial charge in [-0.3, -0.25) is 4.79 Å². The summed E-state index contributed by atoms with van der Waals surface area (Å²) in [7, 11) is 0. The molecule has 19 heavy (non-hydrogen) atoms. The normalized spacial score (nSPS) is 20.4. The molecule has 7 heteroatoms. The monoisotopic (exact) mass is 279 g/mol. The summed E-state index contributed by atoms with van der Waals surface area (Å²) in [5.74, 6) is -1.35. The number of rotatable bonds is 6. The fourth-order valence-electron chi connectivity index (χ4n) is 2.14. The van der Waals surface area contributed by atoms with Gasteiger partial charge in [0, 0.05) is 6.54 Å². The Morgan fingerprint density at radius 1 is 1.32 bits per heavy atom. The molecule has 1 saturated heterocycles. The lowest BCUT2D eigenvalue weighted by atomic mass is 10.1. The van der Waals surface area contributed by atoms with Gasteiger partial charge < -0.3 is 14.7 Å². The molecule has 1 aliphatic rings. The number of aliphatic carboxylic acids is 1. The Kier molecular flexibility index (Phi) is 6.69. The molecule has 1 aliphatic heterocycles. The molecular formula is C12H19F2NO4. The van der Waals surface area contributed by atoms with Crippen molar-refractivity contribution in [3.05, 3.63) is 0 Å². The van der Waals surface area contributed by atoms with E-state index in [9.17, 15) is 18.4 Å². The summed E-state index contributed by atoms with van der Waals surface area (Å²) in [6.07, 6.45) is 0.279. The Morgan fingerprint density at radius 3 is 2.68 bits per heavy atom. The Labute approximate surface area is 110 Å². The minimum atomic E-state index is -2.56. The number of carboxylic acids is 1. The number of amides is 1. The zero-order valence-corrected chi connectivity index (χ0v) is 10.7. The van der Waals surface area contributed by atoms with E-state index >= 15 is 0 Å². The van der Waals surface area contributed by atoms with Crippen LogP contribution in [0.15, 0.2) is 0 Å². The van der Waals surface area contributed by atoms with Crippen LogP contribution in [0, 0.1) is 0 Å². The highest BCUT2D eigenvalue weighted by Crippen LogP contribution is 2.18. The molecule has 1 heterocycles. The predicted octanol–water partition coefficient (Wildman–Crippen LogP) is 1.51. The van der Waals surface area contributed by atoms with Crippen LogP contribution in [0.1, 0.15) is 32.1 Å². The number of alkyl halides is 2. The lowest BCUT2D eigenvalue weighted by molar-refractivity contribution is -0.150. The first-order chi connectivity index (χ1) is 9.02. The number of hydrogen-bond donors (Lipinski definition) is 1. The maximum Gasteiger partial charge on any atom is 0.326 e. The second-order valence-corrected chi connectivity index (χ2v) is 4.51. The van der Waals surface area contributed by atoms with Crippen molar-refractivity contribution in [2.45, 2.75) is 44.6 Å². The van der Waals surface area contributed by atoms with Crippen molar-refractivity contribution in [3.63, 3.8) is 0 Å². The van der Waals surface area contributed by atoms with Crippen LogP contribution in [0.25, 0.3) is 0 Å². The first-order valence-electron chi connectivity index (χ1n) is 6.40. The summed E-state index contributed by atoms with van der Waals surface area (Å²) < 4.78 is 28.3. The van der Waals surface area contributed by atoms with Crippen molar-refractivity contribution in [1.82, 2.24) is 4.90 Å². The van der Waals surface area contributed by atoms with Gasteiger partial charge in [0.05, 0.1) is 13.0 Å². The van der Waals surface area contributed by atoms with Crippen LogP contribution >= 0.6 is 0 Å². The minimum absolute atomic E-state index is 0.0590. The van der Waals surface area contributed by atoms with Gasteiger partial charge in [0.2, 0.25) is 5.91 Å². The molecule has 0 spiro atoms.